The standard InChI is InChI=1S/C17H25N7OS/c1-24-10-18-15(22-24)16(25)19-12-6-8-13(9-7-12)20-17-21-14(23-26-17)11-4-2-3-5-11/h10-13H,2-9H2,1H3,(H,19,25)(H,20,21,23). The van der Waals surface area contributed by atoms with E-state index in [1.807, 2.05) is 0 Å². The lowest BCUT2D eigenvalue weighted by atomic mass is 9.91. The minimum atomic E-state index is -0.188. The fraction of sp³-hybridized carbons (Fsp3) is 0.706. The van der Waals surface area contributed by atoms with Crippen LogP contribution in [0.5, 0.6) is 0 Å². The highest BCUT2D eigenvalue weighted by Crippen LogP contribution is 2.34. The van der Waals surface area contributed by atoms with Crippen LogP contribution in [0.3, 0.4) is 0 Å². The first-order chi connectivity index (χ1) is 12.7. The number of amides is 1. The first-order valence-corrected chi connectivity index (χ1v) is 10.2. The summed E-state index contributed by atoms with van der Waals surface area (Å²) in [5.74, 6) is 1.64. The second kappa shape index (κ2) is 7.69. The minimum absolute atomic E-state index is 0.188. The van der Waals surface area contributed by atoms with Gasteiger partial charge in [-0.1, -0.05) is 12.8 Å². The van der Waals surface area contributed by atoms with Crippen molar-refractivity contribution in [3.63, 3.8) is 0 Å². The van der Waals surface area contributed by atoms with Gasteiger partial charge in [0.2, 0.25) is 11.0 Å². The zero-order valence-corrected chi connectivity index (χ0v) is 15.8. The summed E-state index contributed by atoms with van der Waals surface area (Å²) in [5.41, 5.74) is 0. The van der Waals surface area contributed by atoms with Crippen molar-refractivity contribution in [1.29, 1.82) is 0 Å². The third-order valence-electron chi connectivity index (χ3n) is 5.35. The van der Waals surface area contributed by atoms with Gasteiger partial charge in [0.25, 0.3) is 5.91 Å². The van der Waals surface area contributed by atoms with Crippen LogP contribution in [-0.4, -0.2) is 42.1 Å². The van der Waals surface area contributed by atoms with Crippen LogP contribution >= 0.6 is 11.5 Å². The first kappa shape index (κ1) is 17.4. The molecule has 0 atom stereocenters. The zero-order valence-electron chi connectivity index (χ0n) is 15.0. The lowest BCUT2D eigenvalue weighted by molar-refractivity contribution is 0.0916. The number of carbonyl (C=O) groups excluding carboxylic acids is 1. The fourth-order valence-electron chi connectivity index (χ4n) is 3.89. The van der Waals surface area contributed by atoms with E-state index in [0.717, 1.165) is 36.6 Å². The van der Waals surface area contributed by atoms with Crippen LogP contribution in [0, 0.1) is 0 Å². The van der Waals surface area contributed by atoms with Gasteiger partial charge in [0, 0.05) is 36.6 Å². The Labute approximate surface area is 157 Å². The maximum atomic E-state index is 12.1. The van der Waals surface area contributed by atoms with E-state index in [1.165, 1.54) is 48.2 Å². The Hall–Kier alpha value is -2.03. The Kier molecular flexibility index (Phi) is 5.14. The van der Waals surface area contributed by atoms with E-state index in [0.29, 0.717) is 12.0 Å². The highest BCUT2D eigenvalue weighted by Gasteiger charge is 2.25. The SMILES string of the molecule is Cn1cnc(C(=O)NC2CCC(Nc3nc(C4CCCC4)ns3)CC2)n1. The Bertz CT molecular complexity index is 744. The molecule has 9 heteroatoms. The number of hydrogen-bond acceptors (Lipinski definition) is 7. The molecule has 2 saturated carbocycles. The van der Waals surface area contributed by atoms with Crippen molar-refractivity contribution in [3.05, 3.63) is 18.0 Å². The molecular weight excluding hydrogens is 350 g/mol. The number of hydrogen-bond donors (Lipinski definition) is 2. The quantitative estimate of drug-likeness (QED) is 0.833. The van der Waals surface area contributed by atoms with Gasteiger partial charge >= 0.3 is 0 Å². The molecule has 2 fully saturated rings. The monoisotopic (exact) mass is 375 g/mol. The molecule has 8 nitrogen and oxygen atoms in total. The Morgan fingerprint density at radius 2 is 1.88 bits per heavy atom. The second-order valence-electron chi connectivity index (χ2n) is 7.35. The topological polar surface area (TPSA) is 97.6 Å². The van der Waals surface area contributed by atoms with Crippen molar-refractivity contribution >= 4 is 22.6 Å². The molecule has 2 aliphatic carbocycles. The van der Waals surface area contributed by atoms with E-state index >= 15 is 0 Å². The van der Waals surface area contributed by atoms with Gasteiger partial charge in [-0.2, -0.15) is 4.37 Å². The molecule has 0 unspecified atom stereocenters. The van der Waals surface area contributed by atoms with E-state index in [1.54, 1.807) is 7.05 Å². The third kappa shape index (κ3) is 4.03. The van der Waals surface area contributed by atoms with Gasteiger partial charge in [0.15, 0.2) is 0 Å². The molecule has 0 aliphatic heterocycles. The van der Waals surface area contributed by atoms with Crippen LogP contribution in [-0.2, 0) is 7.05 Å². The molecule has 4 rings (SSSR count). The molecule has 1 amide bonds. The molecule has 2 aromatic heterocycles. The normalized spacial score (nSPS) is 23.9. The fourth-order valence-corrected chi connectivity index (χ4v) is 4.62. The van der Waals surface area contributed by atoms with Crippen molar-refractivity contribution in [2.24, 2.45) is 7.05 Å². The number of carbonyl (C=O) groups is 1. The largest absolute Gasteiger partial charge is 0.358 e. The first-order valence-electron chi connectivity index (χ1n) is 9.44. The number of aromatic nitrogens is 5. The molecule has 0 aromatic carbocycles. The average Bonchev–Trinajstić information content (AvgIpc) is 3.37. The van der Waals surface area contributed by atoms with Crippen molar-refractivity contribution in [1.82, 2.24) is 29.4 Å². The summed E-state index contributed by atoms with van der Waals surface area (Å²) in [6.07, 6.45) is 10.5. The molecule has 2 aromatic rings. The number of aryl methyl sites for hydroxylation is 1. The molecule has 0 bridgehead atoms. The summed E-state index contributed by atoms with van der Waals surface area (Å²) in [6.45, 7) is 0. The van der Waals surface area contributed by atoms with Gasteiger partial charge in [-0.25, -0.2) is 9.97 Å². The summed E-state index contributed by atoms with van der Waals surface area (Å²) < 4.78 is 6.09. The number of nitrogens with one attached hydrogen (secondary N) is 2. The van der Waals surface area contributed by atoms with Crippen LogP contribution < -0.4 is 10.6 Å². The maximum absolute atomic E-state index is 12.1. The van der Waals surface area contributed by atoms with E-state index in [9.17, 15) is 4.79 Å². The van der Waals surface area contributed by atoms with Crippen LogP contribution in [0.4, 0.5) is 5.13 Å². The molecule has 2 heterocycles. The van der Waals surface area contributed by atoms with Gasteiger partial charge in [-0.3, -0.25) is 9.48 Å². The number of nitrogens with zero attached hydrogens (tertiary/aromatic N) is 5. The van der Waals surface area contributed by atoms with Crippen LogP contribution in [0.1, 0.15) is 73.7 Å². The Morgan fingerprint density at radius 3 is 2.58 bits per heavy atom. The molecule has 2 N–H and O–H groups in total. The van der Waals surface area contributed by atoms with Crippen LogP contribution in [0.25, 0.3) is 0 Å². The van der Waals surface area contributed by atoms with Gasteiger partial charge < -0.3 is 10.6 Å². The predicted octanol–water partition coefficient (Wildman–Crippen LogP) is 2.48. The van der Waals surface area contributed by atoms with E-state index < -0.39 is 0 Å². The third-order valence-corrected chi connectivity index (χ3v) is 6.02. The lowest BCUT2D eigenvalue weighted by Gasteiger charge is -2.29. The summed E-state index contributed by atoms with van der Waals surface area (Å²) in [4.78, 5) is 20.8. The van der Waals surface area contributed by atoms with Crippen LogP contribution in [0.2, 0.25) is 0 Å². The molecule has 0 saturated heterocycles. The summed E-state index contributed by atoms with van der Waals surface area (Å²) >= 11 is 1.48. The van der Waals surface area contributed by atoms with Crippen molar-refractivity contribution in [3.8, 4) is 0 Å². The number of rotatable bonds is 5. The van der Waals surface area contributed by atoms with Crippen LogP contribution in [0.15, 0.2) is 6.33 Å². The zero-order chi connectivity index (χ0) is 17.9. The predicted molar refractivity (Wildman–Crippen MR) is 99.3 cm³/mol. The van der Waals surface area contributed by atoms with Gasteiger partial charge in [0.1, 0.15) is 12.2 Å². The smallest absolute Gasteiger partial charge is 0.291 e. The molecule has 2 aliphatic rings. The minimum Gasteiger partial charge on any atom is -0.358 e. The lowest BCUT2D eigenvalue weighted by Crippen LogP contribution is -2.40. The maximum Gasteiger partial charge on any atom is 0.291 e. The average molecular weight is 376 g/mol. The summed E-state index contributed by atoms with van der Waals surface area (Å²) in [6, 6.07) is 0.591. The van der Waals surface area contributed by atoms with Crippen molar-refractivity contribution < 1.29 is 4.79 Å². The number of anilines is 1. The molecule has 0 spiro atoms. The summed E-state index contributed by atoms with van der Waals surface area (Å²) in [5, 5.41) is 11.6. The highest BCUT2D eigenvalue weighted by atomic mass is 32.1. The van der Waals surface area contributed by atoms with Gasteiger partial charge in [-0.05, 0) is 38.5 Å². The molecule has 0 radical (unpaired) electrons. The van der Waals surface area contributed by atoms with Gasteiger partial charge in [-0.15, -0.1) is 5.10 Å². The van der Waals surface area contributed by atoms with Gasteiger partial charge in [0.05, 0.1) is 0 Å². The Balaban J connectivity index is 1.24. The van der Waals surface area contributed by atoms with E-state index in [2.05, 4.69) is 25.1 Å². The molecule has 140 valence electrons. The molecule has 26 heavy (non-hydrogen) atoms. The van der Waals surface area contributed by atoms with Crippen molar-refractivity contribution in [2.45, 2.75) is 69.4 Å². The van der Waals surface area contributed by atoms with E-state index in [-0.39, 0.29) is 17.8 Å². The second-order valence-corrected chi connectivity index (χ2v) is 8.10. The highest BCUT2D eigenvalue weighted by molar-refractivity contribution is 7.09. The molecular formula is C17H25N7OS. The summed E-state index contributed by atoms with van der Waals surface area (Å²) in [7, 11) is 1.76. The van der Waals surface area contributed by atoms with Crippen molar-refractivity contribution in [2.75, 3.05) is 5.32 Å². The van der Waals surface area contributed by atoms with E-state index in [4.69, 9.17) is 4.98 Å². The Morgan fingerprint density at radius 1 is 1.15 bits per heavy atom.